The third kappa shape index (κ3) is 3.43. The molecule has 0 spiro atoms. The molecule has 0 bridgehead atoms. The van der Waals surface area contributed by atoms with Crippen molar-refractivity contribution in [1.82, 2.24) is 14.9 Å². The van der Waals surface area contributed by atoms with Gasteiger partial charge in [-0.05, 0) is 6.42 Å². The van der Waals surface area contributed by atoms with Crippen LogP contribution in [0.25, 0.3) is 0 Å². The fraction of sp³-hybridized carbons (Fsp3) is 0.714. The lowest BCUT2D eigenvalue weighted by molar-refractivity contribution is 0.460. The standard InChI is InChI=1S/C7H13N3O3S/c1-3-4-14(11,12)8-5-7-10-9-6(2)13-7/h8H,3-5H2,1-2H3. The first-order valence-corrected chi connectivity index (χ1v) is 5.95. The van der Waals surface area contributed by atoms with Gasteiger partial charge >= 0.3 is 0 Å². The predicted molar refractivity (Wildman–Crippen MR) is 50.0 cm³/mol. The van der Waals surface area contributed by atoms with Gasteiger partial charge in [0.15, 0.2) is 0 Å². The summed E-state index contributed by atoms with van der Waals surface area (Å²) in [7, 11) is -3.20. The van der Waals surface area contributed by atoms with Gasteiger partial charge in [0.25, 0.3) is 0 Å². The third-order valence-electron chi connectivity index (χ3n) is 1.48. The van der Waals surface area contributed by atoms with Crippen molar-refractivity contribution in [3.8, 4) is 0 Å². The van der Waals surface area contributed by atoms with Gasteiger partial charge in [0.1, 0.15) is 0 Å². The van der Waals surface area contributed by atoms with Crippen molar-refractivity contribution >= 4 is 10.0 Å². The van der Waals surface area contributed by atoms with Crippen LogP contribution in [0.1, 0.15) is 25.1 Å². The van der Waals surface area contributed by atoms with Gasteiger partial charge in [0, 0.05) is 6.92 Å². The number of nitrogens with zero attached hydrogens (tertiary/aromatic N) is 2. The third-order valence-corrected chi connectivity index (χ3v) is 3.01. The molecule has 0 aliphatic heterocycles. The van der Waals surface area contributed by atoms with E-state index in [0.717, 1.165) is 0 Å². The molecule has 14 heavy (non-hydrogen) atoms. The second kappa shape index (κ2) is 4.52. The molecule has 0 fully saturated rings. The van der Waals surface area contributed by atoms with Crippen molar-refractivity contribution in [2.24, 2.45) is 0 Å². The summed E-state index contributed by atoms with van der Waals surface area (Å²) in [4.78, 5) is 0. The van der Waals surface area contributed by atoms with Crippen LogP contribution >= 0.6 is 0 Å². The second-order valence-corrected chi connectivity index (χ2v) is 4.78. The number of nitrogens with one attached hydrogen (secondary N) is 1. The van der Waals surface area contributed by atoms with Crippen LogP contribution in [-0.4, -0.2) is 24.4 Å². The monoisotopic (exact) mass is 219 g/mol. The molecule has 0 atom stereocenters. The van der Waals surface area contributed by atoms with Crippen LogP contribution in [0.5, 0.6) is 0 Å². The van der Waals surface area contributed by atoms with Gasteiger partial charge in [-0.25, -0.2) is 13.1 Å². The Morgan fingerprint density at radius 2 is 2.14 bits per heavy atom. The van der Waals surface area contributed by atoms with Crippen LogP contribution in [0.3, 0.4) is 0 Å². The van der Waals surface area contributed by atoms with Crippen molar-refractivity contribution in [2.45, 2.75) is 26.8 Å². The molecule has 0 saturated heterocycles. The molecule has 1 rings (SSSR count). The van der Waals surface area contributed by atoms with Crippen LogP contribution in [0, 0.1) is 6.92 Å². The highest BCUT2D eigenvalue weighted by atomic mass is 32.2. The maximum Gasteiger partial charge on any atom is 0.231 e. The van der Waals surface area contributed by atoms with Crippen molar-refractivity contribution in [1.29, 1.82) is 0 Å². The Hall–Kier alpha value is -0.950. The maximum atomic E-state index is 11.2. The number of hydrogen-bond acceptors (Lipinski definition) is 5. The minimum absolute atomic E-state index is 0.0587. The number of hydrogen-bond donors (Lipinski definition) is 1. The van der Waals surface area contributed by atoms with Crippen LogP contribution in [0.15, 0.2) is 4.42 Å². The highest BCUT2D eigenvalue weighted by Gasteiger charge is 2.10. The fourth-order valence-corrected chi connectivity index (χ4v) is 1.95. The van der Waals surface area contributed by atoms with Gasteiger partial charge in [-0.15, -0.1) is 10.2 Å². The molecule has 0 aromatic carbocycles. The summed E-state index contributed by atoms with van der Waals surface area (Å²) in [6.45, 7) is 3.51. The van der Waals surface area contributed by atoms with E-state index in [2.05, 4.69) is 14.9 Å². The minimum atomic E-state index is -3.20. The predicted octanol–water partition coefficient (Wildman–Crippen LogP) is 0.207. The average molecular weight is 219 g/mol. The molecule has 0 unspecified atom stereocenters. The number of aryl methyl sites for hydroxylation is 1. The first-order chi connectivity index (χ1) is 6.53. The highest BCUT2D eigenvalue weighted by Crippen LogP contribution is 1.98. The normalized spacial score (nSPS) is 11.9. The number of aromatic nitrogens is 2. The fourth-order valence-electron chi connectivity index (χ4n) is 0.922. The molecule has 7 heteroatoms. The molecule has 1 heterocycles. The summed E-state index contributed by atoms with van der Waals surface area (Å²) in [5.41, 5.74) is 0. The summed E-state index contributed by atoms with van der Waals surface area (Å²) < 4.78 is 29.8. The summed E-state index contributed by atoms with van der Waals surface area (Å²) >= 11 is 0. The molecule has 6 nitrogen and oxygen atoms in total. The summed E-state index contributed by atoms with van der Waals surface area (Å²) in [6, 6.07) is 0. The van der Waals surface area contributed by atoms with Crippen molar-refractivity contribution < 1.29 is 12.8 Å². The van der Waals surface area contributed by atoms with E-state index in [1.807, 2.05) is 0 Å². The van der Waals surface area contributed by atoms with Gasteiger partial charge in [-0.2, -0.15) is 0 Å². The molecule has 80 valence electrons. The van der Waals surface area contributed by atoms with E-state index < -0.39 is 10.0 Å². The van der Waals surface area contributed by atoms with E-state index in [9.17, 15) is 8.42 Å². The van der Waals surface area contributed by atoms with E-state index in [1.54, 1.807) is 13.8 Å². The molecule has 1 aromatic heterocycles. The van der Waals surface area contributed by atoms with Gasteiger partial charge in [-0.1, -0.05) is 6.92 Å². The summed E-state index contributed by atoms with van der Waals surface area (Å²) in [5, 5.41) is 7.25. The van der Waals surface area contributed by atoms with Gasteiger partial charge < -0.3 is 4.42 Å². The molecule has 0 amide bonds. The number of rotatable bonds is 5. The average Bonchev–Trinajstić information content (AvgIpc) is 2.48. The molecule has 1 N–H and O–H groups in total. The van der Waals surface area contributed by atoms with E-state index >= 15 is 0 Å². The molecule has 0 aliphatic carbocycles. The van der Waals surface area contributed by atoms with Crippen molar-refractivity contribution in [3.63, 3.8) is 0 Å². The van der Waals surface area contributed by atoms with E-state index in [1.165, 1.54) is 0 Å². The lowest BCUT2D eigenvalue weighted by Crippen LogP contribution is -2.25. The van der Waals surface area contributed by atoms with E-state index in [4.69, 9.17) is 4.42 Å². The first kappa shape index (κ1) is 11.1. The van der Waals surface area contributed by atoms with Crippen LogP contribution in [0.2, 0.25) is 0 Å². The van der Waals surface area contributed by atoms with Crippen LogP contribution in [-0.2, 0) is 16.6 Å². The molecule has 0 aliphatic rings. The zero-order valence-corrected chi connectivity index (χ0v) is 8.97. The van der Waals surface area contributed by atoms with Crippen LogP contribution < -0.4 is 4.72 Å². The smallest absolute Gasteiger partial charge is 0.231 e. The quantitative estimate of drug-likeness (QED) is 0.765. The Morgan fingerprint density at radius 3 is 2.64 bits per heavy atom. The lowest BCUT2D eigenvalue weighted by Gasteiger charge is -2.01. The second-order valence-electron chi connectivity index (χ2n) is 2.85. The van der Waals surface area contributed by atoms with E-state index in [0.29, 0.717) is 12.3 Å². The SMILES string of the molecule is CCCS(=O)(=O)NCc1nnc(C)o1. The Bertz CT molecular complexity index is 385. The number of sulfonamides is 1. The van der Waals surface area contributed by atoms with E-state index in [-0.39, 0.29) is 18.2 Å². The van der Waals surface area contributed by atoms with Crippen molar-refractivity contribution in [2.75, 3.05) is 5.75 Å². The largest absolute Gasteiger partial charge is 0.424 e. The summed E-state index contributed by atoms with van der Waals surface area (Å²) in [5.74, 6) is 0.817. The molecule has 0 saturated carbocycles. The zero-order valence-electron chi connectivity index (χ0n) is 8.15. The molecule has 0 radical (unpaired) electrons. The Kier molecular flexibility index (Phi) is 3.59. The van der Waals surface area contributed by atoms with Crippen molar-refractivity contribution in [3.05, 3.63) is 11.8 Å². The van der Waals surface area contributed by atoms with Gasteiger partial charge in [-0.3, -0.25) is 0 Å². The lowest BCUT2D eigenvalue weighted by atomic mass is 10.6. The molecular weight excluding hydrogens is 206 g/mol. The Balaban J connectivity index is 2.48. The Morgan fingerprint density at radius 1 is 1.43 bits per heavy atom. The zero-order chi connectivity index (χ0) is 10.6. The molecular formula is C7H13N3O3S. The molecule has 1 aromatic rings. The van der Waals surface area contributed by atoms with Crippen LogP contribution in [0.4, 0.5) is 0 Å². The first-order valence-electron chi connectivity index (χ1n) is 4.30. The maximum absolute atomic E-state index is 11.2. The summed E-state index contributed by atoms with van der Waals surface area (Å²) in [6.07, 6.45) is 0.582. The topological polar surface area (TPSA) is 85.1 Å². The van der Waals surface area contributed by atoms with Gasteiger partial charge in [0.05, 0.1) is 12.3 Å². The highest BCUT2D eigenvalue weighted by molar-refractivity contribution is 7.89. The Labute approximate surface area is 82.8 Å². The van der Waals surface area contributed by atoms with Gasteiger partial charge in [0.2, 0.25) is 21.8 Å². The minimum Gasteiger partial charge on any atom is -0.424 e.